The molecule has 25 heavy (non-hydrogen) atoms. The minimum Gasteiger partial charge on any atom is -0.351 e. The fourth-order valence-electron chi connectivity index (χ4n) is 2.72. The van der Waals surface area contributed by atoms with Gasteiger partial charge in [0.2, 0.25) is 17.0 Å². The third kappa shape index (κ3) is 4.82. The number of H-pyrrole nitrogens is 1. The Morgan fingerprint density at radius 1 is 1.36 bits per heavy atom. The lowest BCUT2D eigenvalue weighted by molar-refractivity contribution is -0.128. The summed E-state index contributed by atoms with van der Waals surface area (Å²) in [6.07, 6.45) is 1.56. The molecule has 7 nitrogen and oxygen atoms in total. The Morgan fingerprint density at radius 2 is 2.16 bits per heavy atom. The number of likely N-dealkylation sites (tertiary alicyclic amines) is 1. The monoisotopic (exact) mass is 359 g/mol. The highest BCUT2D eigenvalue weighted by atomic mass is 32.2. The van der Waals surface area contributed by atoms with Crippen LogP contribution in [-0.4, -0.2) is 44.2 Å². The second kappa shape index (κ2) is 8.15. The van der Waals surface area contributed by atoms with Gasteiger partial charge in [-0.2, -0.15) is 0 Å². The van der Waals surface area contributed by atoms with E-state index >= 15 is 0 Å². The van der Waals surface area contributed by atoms with Crippen molar-refractivity contribution in [2.75, 3.05) is 12.3 Å². The van der Waals surface area contributed by atoms with E-state index in [0.29, 0.717) is 24.7 Å². The number of rotatable bonds is 7. The molecular weight excluding hydrogens is 338 g/mol. The topological polar surface area (TPSA) is 91.0 Å². The van der Waals surface area contributed by atoms with Gasteiger partial charge in [0.1, 0.15) is 5.82 Å². The SMILES string of the molecule is Cc1nc(SCC(=O)NCc2ccccc2CN2CCCC2=O)n[nH]1. The summed E-state index contributed by atoms with van der Waals surface area (Å²) in [5.74, 6) is 1.13. The van der Waals surface area contributed by atoms with Gasteiger partial charge in [-0.05, 0) is 24.5 Å². The van der Waals surface area contributed by atoms with Gasteiger partial charge >= 0.3 is 0 Å². The van der Waals surface area contributed by atoms with Gasteiger partial charge in [0.05, 0.1) is 5.75 Å². The van der Waals surface area contributed by atoms with Gasteiger partial charge in [-0.3, -0.25) is 14.7 Å². The van der Waals surface area contributed by atoms with Crippen molar-refractivity contribution in [3.63, 3.8) is 0 Å². The smallest absolute Gasteiger partial charge is 0.230 e. The number of nitrogens with one attached hydrogen (secondary N) is 2. The first-order valence-electron chi connectivity index (χ1n) is 8.25. The van der Waals surface area contributed by atoms with E-state index in [2.05, 4.69) is 20.5 Å². The van der Waals surface area contributed by atoms with E-state index in [1.165, 1.54) is 11.8 Å². The molecule has 0 spiro atoms. The Bertz CT molecular complexity index is 761. The zero-order valence-corrected chi connectivity index (χ0v) is 14.9. The summed E-state index contributed by atoms with van der Waals surface area (Å²) in [4.78, 5) is 29.9. The van der Waals surface area contributed by atoms with Crippen LogP contribution in [0.5, 0.6) is 0 Å². The molecule has 3 rings (SSSR count). The number of amides is 2. The average molecular weight is 359 g/mol. The van der Waals surface area contributed by atoms with Crippen molar-refractivity contribution in [1.82, 2.24) is 25.4 Å². The number of hydrogen-bond acceptors (Lipinski definition) is 5. The molecule has 1 aliphatic rings. The van der Waals surface area contributed by atoms with Crippen LogP contribution in [0.4, 0.5) is 0 Å². The first-order valence-corrected chi connectivity index (χ1v) is 9.23. The Morgan fingerprint density at radius 3 is 2.84 bits per heavy atom. The zero-order chi connectivity index (χ0) is 17.6. The van der Waals surface area contributed by atoms with Crippen LogP contribution in [0.25, 0.3) is 0 Å². The molecule has 0 bridgehead atoms. The quantitative estimate of drug-likeness (QED) is 0.734. The van der Waals surface area contributed by atoms with Crippen molar-refractivity contribution >= 4 is 23.6 Å². The number of aryl methyl sites for hydroxylation is 1. The normalized spacial score (nSPS) is 14.1. The Hall–Kier alpha value is -2.35. The minimum atomic E-state index is -0.0699. The molecule has 2 amide bonds. The van der Waals surface area contributed by atoms with Crippen molar-refractivity contribution < 1.29 is 9.59 Å². The highest BCUT2D eigenvalue weighted by Gasteiger charge is 2.20. The van der Waals surface area contributed by atoms with Gasteiger partial charge in [0.15, 0.2) is 0 Å². The molecular formula is C17H21N5O2S. The number of carbonyl (C=O) groups excluding carboxylic acids is 2. The molecule has 2 aromatic rings. The van der Waals surface area contributed by atoms with Crippen molar-refractivity contribution in [2.45, 2.75) is 38.0 Å². The molecule has 2 heterocycles. The lowest BCUT2D eigenvalue weighted by atomic mass is 10.1. The maximum absolute atomic E-state index is 12.0. The average Bonchev–Trinajstić information content (AvgIpc) is 3.21. The van der Waals surface area contributed by atoms with E-state index in [1.807, 2.05) is 36.1 Å². The fraction of sp³-hybridized carbons (Fsp3) is 0.412. The standard InChI is InChI=1S/C17H21N5O2S/c1-12-19-17(21-20-12)25-11-15(23)18-9-13-5-2-3-6-14(13)10-22-8-4-7-16(22)24/h2-3,5-6H,4,7-11H2,1H3,(H,18,23)(H,19,20,21). The van der Waals surface area contributed by atoms with Crippen LogP contribution in [-0.2, 0) is 22.7 Å². The summed E-state index contributed by atoms with van der Waals surface area (Å²) in [5.41, 5.74) is 2.12. The van der Waals surface area contributed by atoms with E-state index < -0.39 is 0 Å². The van der Waals surface area contributed by atoms with Crippen LogP contribution in [0.2, 0.25) is 0 Å². The maximum atomic E-state index is 12.0. The molecule has 0 unspecified atom stereocenters. The summed E-state index contributed by atoms with van der Waals surface area (Å²) in [7, 11) is 0. The summed E-state index contributed by atoms with van der Waals surface area (Å²) in [6.45, 7) is 3.69. The fourth-order valence-corrected chi connectivity index (χ4v) is 3.40. The minimum absolute atomic E-state index is 0.0699. The lowest BCUT2D eigenvalue weighted by Crippen LogP contribution is -2.27. The van der Waals surface area contributed by atoms with E-state index in [4.69, 9.17) is 0 Å². The highest BCUT2D eigenvalue weighted by molar-refractivity contribution is 7.99. The Labute approximate surface area is 150 Å². The van der Waals surface area contributed by atoms with Gasteiger partial charge in [-0.25, -0.2) is 4.98 Å². The van der Waals surface area contributed by atoms with E-state index in [-0.39, 0.29) is 17.6 Å². The first-order chi connectivity index (χ1) is 12.1. The van der Waals surface area contributed by atoms with Gasteiger partial charge < -0.3 is 10.2 Å². The molecule has 1 aromatic heterocycles. The van der Waals surface area contributed by atoms with Crippen molar-refractivity contribution in [2.24, 2.45) is 0 Å². The number of aromatic nitrogens is 3. The second-order valence-electron chi connectivity index (χ2n) is 5.96. The van der Waals surface area contributed by atoms with Gasteiger partial charge in [0.25, 0.3) is 0 Å². The highest BCUT2D eigenvalue weighted by Crippen LogP contribution is 2.17. The molecule has 1 aliphatic heterocycles. The predicted molar refractivity (Wildman–Crippen MR) is 94.8 cm³/mol. The molecule has 0 aliphatic carbocycles. The largest absolute Gasteiger partial charge is 0.351 e. The van der Waals surface area contributed by atoms with Crippen LogP contribution < -0.4 is 5.32 Å². The number of thioether (sulfide) groups is 1. The molecule has 1 fully saturated rings. The number of hydrogen-bond donors (Lipinski definition) is 2. The molecule has 0 radical (unpaired) electrons. The number of aromatic amines is 1. The van der Waals surface area contributed by atoms with Crippen LogP contribution in [0.15, 0.2) is 29.4 Å². The lowest BCUT2D eigenvalue weighted by Gasteiger charge is -2.18. The molecule has 8 heteroatoms. The maximum Gasteiger partial charge on any atom is 0.230 e. The van der Waals surface area contributed by atoms with Crippen molar-refractivity contribution in [3.8, 4) is 0 Å². The third-order valence-electron chi connectivity index (χ3n) is 4.04. The summed E-state index contributed by atoms with van der Waals surface area (Å²) < 4.78 is 0. The predicted octanol–water partition coefficient (Wildman–Crippen LogP) is 1.64. The van der Waals surface area contributed by atoms with Crippen molar-refractivity contribution in [1.29, 1.82) is 0 Å². The molecule has 0 saturated carbocycles. The molecule has 2 N–H and O–H groups in total. The summed E-state index contributed by atoms with van der Waals surface area (Å²) >= 11 is 1.30. The van der Waals surface area contributed by atoms with Crippen LogP contribution in [0, 0.1) is 6.92 Å². The Balaban J connectivity index is 1.52. The van der Waals surface area contributed by atoms with Gasteiger partial charge in [0, 0.05) is 26.1 Å². The summed E-state index contributed by atoms with van der Waals surface area (Å²) in [6, 6.07) is 7.91. The van der Waals surface area contributed by atoms with Gasteiger partial charge in [-0.15, -0.1) is 5.10 Å². The van der Waals surface area contributed by atoms with Crippen molar-refractivity contribution in [3.05, 3.63) is 41.2 Å². The number of benzene rings is 1. The van der Waals surface area contributed by atoms with Crippen LogP contribution >= 0.6 is 11.8 Å². The van der Waals surface area contributed by atoms with Crippen LogP contribution in [0.3, 0.4) is 0 Å². The number of carbonyl (C=O) groups is 2. The zero-order valence-electron chi connectivity index (χ0n) is 14.1. The first kappa shape index (κ1) is 17.5. The van der Waals surface area contributed by atoms with E-state index in [0.717, 1.165) is 29.9 Å². The number of nitrogens with zero attached hydrogens (tertiary/aromatic N) is 3. The molecule has 1 aromatic carbocycles. The molecule has 1 saturated heterocycles. The van der Waals surface area contributed by atoms with Gasteiger partial charge in [-0.1, -0.05) is 36.0 Å². The molecule has 132 valence electrons. The molecule has 0 atom stereocenters. The van der Waals surface area contributed by atoms with E-state index in [9.17, 15) is 9.59 Å². The Kier molecular flexibility index (Phi) is 5.70. The van der Waals surface area contributed by atoms with Crippen LogP contribution in [0.1, 0.15) is 29.8 Å². The van der Waals surface area contributed by atoms with E-state index in [1.54, 1.807) is 0 Å². The third-order valence-corrected chi connectivity index (χ3v) is 4.88. The second-order valence-corrected chi connectivity index (χ2v) is 6.90. The summed E-state index contributed by atoms with van der Waals surface area (Å²) in [5, 5.41) is 10.2.